The van der Waals surface area contributed by atoms with Gasteiger partial charge in [0, 0.05) is 29.3 Å². The van der Waals surface area contributed by atoms with Gasteiger partial charge in [-0.15, -0.1) is 0 Å². The van der Waals surface area contributed by atoms with Gasteiger partial charge in [-0.1, -0.05) is 15.9 Å². The molecule has 23 heavy (non-hydrogen) atoms. The zero-order valence-electron chi connectivity index (χ0n) is 12.2. The first-order chi connectivity index (χ1) is 11.0. The molecule has 0 saturated carbocycles. The highest BCUT2D eigenvalue weighted by Gasteiger charge is 2.09. The summed E-state index contributed by atoms with van der Waals surface area (Å²) < 4.78 is 7.49. The van der Waals surface area contributed by atoms with Gasteiger partial charge in [-0.25, -0.2) is 0 Å². The maximum absolute atomic E-state index is 11.8. The van der Waals surface area contributed by atoms with Crippen molar-refractivity contribution >= 4 is 27.7 Å². The Labute approximate surface area is 140 Å². The van der Waals surface area contributed by atoms with E-state index in [-0.39, 0.29) is 17.7 Å². The van der Waals surface area contributed by atoms with E-state index in [1.807, 2.05) is 0 Å². The smallest absolute Gasteiger partial charge is 0.276 e. The summed E-state index contributed by atoms with van der Waals surface area (Å²) in [6.07, 6.45) is 1.47. The SMILES string of the molecule is Cn1ccc(C(=O)NNC(=O)COc2ccc(Br)cc2)cc1=O. The minimum Gasteiger partial charge on any atom is -0.484 e. The summed E-state index contributed by atoms with van der Waals surface area (Å²) >= 11 is 3.29. The van der Waals surface area contributed by atoms with Crippen LogP contribution in [0.4, 0.5) is 0 Å². The average molecular weight is 380 g/mol. The normalized spacial score (nSPS) is 10.0. The van der Waals surface area contributed by atoms with Crippen molar-refractivity contribution in [3.63, 3.8) is 0 Å². The van der Waals surface area contributed by atoms with Gasteiger partial charge in [0.05, 0.1) is 0 Å². The molecule has 7 nitrogen and oxygen atoms in total. The number of aromatic nitrogens is 1. The molecule has 2 N–H and O–H groups in total. The summed E-state index contributed by atoms with van der Waals surface area (Å²) in [6, 6.07) is 9.63. The third kappa shape index (κ3) is 4.96. The standard InChI is InChI=1S/C15H14BrN3O4/c1-19-7-6-10(8-14(19)21)15(22)18-17-13(20)9-23-12-4-2-11(16)3-5-12/h2-8H,9H2,1H3,(H,17,20)(H,18,22). The van der Waals surface area contributed by atoms with Crippen LogP contribution in [0, 0.1) is 0 Å². The molecule has 0 fully saturated rings. The van der Waals surface area contributed by atoms with Crippen LogP contribution < -0.4 is 21.1 Å². The van der Waals surface area contributed by atoms with Gasteiger partial charge >= 0.3 is 0 Å². The van der Waals surface area contributed by atoms with Crippen LogP contribution in [0.1, 0.15) is 10.4 Å². The zero-order chi connectivity index (χ0) is 16.8. The Morgan fingerprint density at radius 3 is 2.52 bits per heavy atom. The minimum absolute atomic E-state index is 0.155. The molecule has 2 amide bonds. The monoisotopic (exact) mass is 379 g/mol. The Kier molecular flexibility index (Phi) is 5.53. The predicted molar refractivity (Wildman–Crippen MR) is 86.9 cm³/mol. The summed E-state index contributed by atoms with van der Waals surface area (Å²) in [5.41, 5.74) is 4.27. The quantitative estimate of drug-likeness (QED) is 0.775. The number of halogens is 1. The minimum atomic E-state index is -0.584. The van der Waals surface area contributed by atoms with Crippen molar-refractivity contribution < 1.29 is 14.3 Å². The van der Waals surface area contributed by atoms with Crippen LogP contribution in [0.2, 0.25) is 0 Å². The number of nitrogens with one attached hydrogen (secondary N) is 2. The van der Waals surface area contributed by atoms with Crippen LogP contribution in [-0.2, 0) is 11.8 Å². The molecule has 0 unspecified atom stereocenters. The van der Waals surface area contributed by atoms with Crippen LogP contribution in [0.3, 0.4) is 0 Å². The van der Waals surface area contributed by atoms with E-state index in [0.29, 0.717) is 5.75 Å². The molecular formula is C15H14BrN3O4. The molecule has 0 radical (unpaired) electrons. The number of nitrogens with zero attached hydrogens (tertiary/aromatic N) is 1. The first kappa shape index (κ1) is 16.8. The molecule has 0 saturated heterocycles. The Morgan fingerprint density at radius 2 is 1.87 bits per heavy atom. The molecule has 0 aliphatic carbocycles. The van der Waals surface area contributed by atoms with Crippen molar-refractivity contribution in [1.29, 1.82) is 0 Å². The van der Waals surface area contributed by atoms with Crippen molar-refractivity contribution in [2.24, 2.45) is 7.05 Å². The van der Waals surface area contributed by atoms with E-state index in [9.17, 15) is 14.4 Å². The number of hydrazine groups is 1. The lowest BCUT2D eigenvalue weighted by atomic mass is 10.2. The lowest BCUT2D eigenvalue weighted by Crippen LogP contribution is -2.44. The molecule has 1 aromatic carbocycles. The fourth-order valence-corrected chi connectivity index (χ4v) is 1.87. The van der Waals surface area contributed by atoms with Crippen molar-refractivity contribution in [2.45, 2.75) is 0 Å². The first-order valence-corrected chi connectivity index (χ1v) is 7.39. The van der Waals surface area contributed by atoms with Crippen LogP contribution in [-0.4, -0.2) is 23.0 Å². The van der Waals surface area contributed by atoms with Crippen molar-refractivity contribution in [3.05, 3.63) is 63.0 Å². The Balaban J connectivity index is 1.81. The Morgan fingerprint density at radius 1 is 1.17 bits per heavy atom. The van der Waals surface area contributed by atoms with Crippen molar-refractivity contribution in [2.75, 3.05) is 6.61 Å². The van der Waals surface area contributed by atoms with E-state index in [0.717, 1.165) is 4.47 Å². The highest BCUT2D eigenvalue weighted by Crippen LogP contribution is 2.15. The van der Waals surface area contributed by atoms with Gasteiger partial charge in [-0.3, -0.25) is 25.2 Å². The molecule has 0 aliphatic heterocycles. The number of hydrogen-bond acceptors (Lipinski definition) is 4. The number of carbonyl (C=O) groups is 2. The summed E-state index contributed by atoms with van der Waals surface area (Å²) in [5, 5.41) is 0. The fraction of sp³-hybridized carbons (Fsp3) is 0.133. The molecule has 1 aromatic heterocycles. The topological polar surface area (TPSA) is 89.4 Å². The number of hydrogen-bond donors (Lipinski definition) is 2. The molecule has 1 heterocycles. The Hall–Kier alpha value is -2.61. The summed E-state index contributed by atoms with van der Waals surface area (Å²) in [4.78, 5) is 34.9. The maximum Gasteiger partial charge on any atom is 0.276 e. The molecule has 0 bridgehead atoms. The lowest BCUT2D eigenvalue weighted by molar-refractivity contribution is -0.123. The van der Waals surface area contributed by atoms with Gasteiger partial charge in [-0.05, 0) is 30.3 Å². The number of benzene rings is 1. The lowest BCUT2D eigenvalue weighted by Gasteiger charge is -2.09. The van der Waals surface area contributed by atoms with Crippen molar-refractivity contribution in [3.8, 4) is 5.75 Å². The second kappa shape index (κ2) is 7.59. The fourth-order valence-electron chi connectivity index (χ4n) is 1.60. The van der Waals surface area contributed by atoms with Crippen molar-refractivity contribution in [1.82, 2.24) is 15.4 Å². The Bertz CT molecular complexity index is 771. The predicted octanol–water partition coefficient (Wildman–Crippen LogP) is 0.988. The zero-order valence-corrected chi connectivity index (χ0v) is 13.8. The summed E-state index contributed by atoms with van der Waals surface area (Å²) in [5.74, 6) is -0.578. The van der Waals surface area contributed by atoms with Gasteiger partial charge in [0.15, 0.2) is 6.61 Å². The second-order valence-electron chi connectivity index (χ2n) is 4.61. The molecule has 2 rings (SSSR count). The van der Waals surface area contributed by atoms with E-state index in [2.05, 4.69) is 26.8 Å². The van der Waals surface area contributed by atoms with Gasteiger partial charge in [-0.2, -0.15) is 0 Å². The van der Waals surface area contributed by atoms with E-state index in [4.69, 9.17) is 4.74 Å². The number of amides is 2. The molecule has 0 aliphatic rings. The third-order valence-electron chi connectivity index (χ3n) is 2.87. The van der Waals surface area contributed by atoms with Gasteiger partial charge in [0.1, 0.15) is 5.75 Å². The van der Waals surface area contributed by atoms with Gasteiger partial charge < -0.3 is 9.30 Å². The van der Waals surface area contributed by atoms with Gasteiger partial charge in [0.25, 0.3) is 17.4 Å². The van der Waals surface area contributed by atoms with E-state index in [1.54, 1.807) is 31.3 Å². The highest BCUT2D eigenvalue weighted by molar-refractivity contribution is 9.10. The van der Waals surface area contributed by atoms with Crippen LogP contribution in [0.5, 0.6) is 5.75 Å². The van der Waals surface area contributed by atoms with Crippen LogP contribution in [0.15, 0.2) is 51.9 Å². The molecule has 0 atom stereocenters. The molecule has 120 valence electrons. The first-order valence-electron chi connectivity index (χ1n) is 6.60. The number of ether oxygens (including phenoxy) is 1. The van der Waals surface area contributed by atoms with Crippen LogP contribution >= 0.6 is 15.9 Å². The number of aryl methyl sites for hydroxylation is 1. The van der Waals surface area contributed by atoms with Crippen LogP contribution in [0.25, 0.3) is 0 Å². The average Bonchev–Trinajstić information content (AvgIpc) is 2.54. The maximum atomic E-state index is 11.8. The van der Waals surface area contributed by atoms with E-state index < -0.39 is 11.8 Å². The number of carbonyl (C=O) groups excluding carboxylic acids is 2. The number of rotatable bonds is 4. The largest absolute Gasteiger partial charge is 0.484 e. The molecule has 8 heteroatoms. The molecular weight excluding hydrogens is 366 g/mol. The van der Waals surface area contributed by atoms with E-state index >= 15 is 0 Å². The van der Waals surface area contributed by atoms with E-state index in [1.165, 1.54) is 22.9 Å². The highest BCUT2D eigenvalue weighted by atomic mass is 79.9. The second-order valence-corrected chi connectivity index (χ2v) is 5.53. The molecule has 2 aromatic rings. The summed E-state index contributed by atoms with van der Waals surface area (Å²) in [6.45, 7) is -0.252. The third-order valence-corrected chi connectivity index (χ3v) is 3.39. The molecule has 0 spiro atoms. The summed E-state index contributed by atoms with van der Waals surface area (Å²) in [7, 11) is 1.57. The van der Waals surface area contributed by atoms with Gasteiger partial charge in [0.2, 0.25) is 0 Å². The number of pyridine rings is 1.